The Bertz CT molecular complexity index is 345. The molecule has 0 saturated carbocycles. The summed E-state index contributed by atoms with van der Waals surface area (Å²) in [5.41, 5.74) is 0.274. The van der Waals surface area contributed by atoms with E-state index in [-0.39, 0.29) is 5.54 Å². The second-order valence-electron chi connectivity index (χ2n) is 5.61. The highest BCUT2D eigenvalue weighted by atomic mass is 16.5. The van der Waals surface area contributed by atoms with Gasteiger partial charge in [-0.3, -0.25) is 4.90 Å². The van der Waals surface area contributed by atoms with Crippen LogP contribution >= 0.6 is 0 Å². The zero-order valence-corrected chi connectivity index (χ0v) is 10.7. The van der Waals surface area contributed by atoms with E-state index in [9.17, 15) is 0 Å². The maximum atomic E-state index is 5.24. The highest BCUT2D eigenvalue weighted by molar-refractivity contribution is 4.96. The standard InChI is InChI=1S/C12H21N3O/c1-9-13-11(16-14-9)10-5-7-15(8-6-10)12(2,3)4/h10H,5-8H2,1-4H3. The molecule has 0 N–H and O–H groups in total. The quantitative estimate of drug-likeness (QED) is 0.733. The van der Waals surface area contributed by atoms with Gasteiger partial charge in [0.25, 0.3) is 0 Å². The van der Waals surface area contributed by atoms with E-state index in [1.807, 2.05) is 6.92 Å². The highest BCUT2D eigenvalue weighted by Crippen LogP contribution is 2.29. The van der Waals surface area contributed by atoms with Crippen molar-refractivity contribution >= 4 is 0 Å². The summed E-state index contributed by atoms with van der Waals surface area (Å²) in [6.07, 6.45) is 2.25. The predicted octanol–water partition coefficient (Wildman–Crippen LogP) is 2.36. The lowest BCUT2D eigenvalue weighted by Crippen LogP contribution is -2.45. The van der Waals surface area contributed by atoms with Gasteiger partial charge in [-0.25, -0.2) is 0 Å². The summed E-state index contributed by atoms with van der Waals surface area (Å²) in [5.74, 6) is 2.03. The molecule has 0 aromatic carbocycles. The molecule has 4 nitrogen and oxygen atoms in total. The van der Waals surface area contributed by atoms with Crippen molar-refractivity contribution in [2.75, 3.05) is 13.1 Å². The molecule has 0 atom stereocenters. The number of hydrogen-bond donors (Lipinski definition) is 0. The van der Waals surface area contributed by atoms with E-state index in [0.717, 1.165) is 37.6 Å². The number of nitrogens with zero attached hydrogens (tertiary/aromatic N) is 3. The van der Waals surface area contributed by atoms with E-state index in [1.54, 1.807) is 0 Å². The molecule has 1 fully saturated rings. The molecule has 16 heavy (non-hydrogen) atoms. The lowest BCUT2D eigenvalue weighted by Gasteiger charge is -2.40. The molecule has 1 aromatic rings. The molecule has 2 heterocycles. The molecular weight excluding hydrogens is 202 g/mol. The Labute approximate surface area is 97.0 Å². The molecule has 90 valence electrons. The molecule has 1 saturated heterocycles. The maximum Gasteiger partial charge on any atom is 0.229 e. The summed E-state index contributed by atoms with van der Waals surface area (Å²) >= 11 is 0. The minimum Gasteiger partial charge on any atom is -0.339 e. The smallest absolute Gasteiger partial charge is 0.229 e. The van der Waals surface area contributed by atoms with Crippen molar-refractivity contribution in [3.8, 4) is 0 Å². The van der Waals surface area contributed by atoms with E-state index >= 15 is 0 Å². The monoisotopic (exact) mass is 223 g/mol. The molecule has 0 radical (unpaired) electrons. The van der Waals surface area contributed by atoms with Gasteiger partial charge in [0.15, 0.2) is 5.82 Å². The SMILES string of the molecule is Cc1noc(C2CCN(C(C)(C)C)CC2)n1. The Balaban J connectivity index is 1.95. The van der Waals surface area contributed by atoms with Crippen LogP contribution in [0.5, 0.6) is 0 Å². The van der Waals surface area contributed by atoms with Crippen molar-refractivity contribution < 1.29 is 4.52 Å². The summed E-state index contributed by atoms with van der Waals surface area (Å²) in [7, 11) is 0. The number of aromatic nitrogens is 2. The van der Waals surface area contributed by atoms with Crippen LogP contribution in [0.25, 0.3) is 0 Å². The van der Waals surface area contributed by atoms with Crippen LogP contribution in [0, 0.1) is 6.92 Å². The molecule has 0 amide bonds. The predicted molar refractivity (Wildman–Crippen MR) is 62.3 cm³/mol. The van der Waals surface area contributed by atoms with Crippen LogP contribution in [0.1, 0.15) is 51.2 Å². The molecule has 0 unspecified atom stereocenters. The lowest BCUT2D eigenvalue weighted by molar-refractivity contribution is 0.0961. The van der Waals surface area contributed by atoms with Crippen molar-refractivity contribution in [1.82, 2.24) is 15.0 Å². The van der Waals surface area contributed by atoms with Gasteiger partial charge in [0.1, 0.15) is 0 Å². The summed E-state index contributed by atoms with van der Waals surface area (Å²) in [6.45, 7) is 10.9. The minimum atomic E-state index is 0.274. The molecule has 0 spiro atoms. The fourth-order valence-corrected chi connectivity index (χ4v) is 2.28. The third-order valence-corrected chi connectivity index (χ3v) is 3.34. The molecule has 0 aliphatic carbocycles. The molecule has 1 aromatic heterocycles. The first-order chi connectivity index (χ1) is 7.47. The first kappa shape index (κ1) is 11.6. The largest absolute Gasteiger partial charge is 0.339 e. The van der Waals surface area contributed by atoms with Crippen molar-refractivity contribution in [2.24, 2.45) is 0 Å². The highest BCUT2D eigenvalue weighted by Gasteiger charge is 2.29. The zero-order valence-electron chi connectivity index (χ0n) is 10.7. The Morgan fingerprint density at radius 3 is 2.31 bits per heavy atom. The summed E-state index contributed by atoms with van der Waals surface area (Å²) in [6, 6.07) is 0. The van der Waals surface area contributed by atoms with Crippen LogP contribution < -0.4 is 0 Å². The Morgan fingerprint density at radius 1 is 1.25 bits per heavy atom. The van der Waals surface area contributed by atoms with Crippen molar-refractivity contribution in [3.63, 3.8) is 0 Å². The van der Waals surface area contributed by atoms with Crippen molar-refractivity contribution in [1.29, 1.82) is 0 Å². The van der Waals surface area contributed by atoms with E-state index in [0.29, 0.717) is 5.92 Å². The summed E-state index contributed by atoms with van der Waals surface area (Å²) < 4.78 is 5.24. The Morgan fingerprint density at radius 2 is 1.88 bits per heavy atom. The number of aryl methyl sites for hydroxylation is 1. The first-order valence-electron chi connectivity index (χ1n) is 6.02. The van der Waals surface area contributed by atoms with E-state index in [1.165, 1.54) is 0 Å². The summed E-state index contributed by atoms with van der Waals surface area (Å²) in [5, 5.41) is 3.86. The third kappa shape index (κ3) is 2.43. The average molecular weight is 223 g/mol. The van der Waals surface area contributed by atoms with Gasteiger partial charge in [-0.15, -0.1) is 0 Å². The van der Waals surface area contributed by atoms with E-state index in [4.69, 9.17) is 4.52 Å². The average Bonchev–Trinajstić information content (AvgIpc) is 2.64. The molecular formula is C12H21N3O. The number of piperidine rings is 1. The molecule has 4 heteroatoms. The van der Waals surface area contributed by atoms with Gasteiger partial charge >= 0.3 is 0 Å². The van der Waals surface area contributed by atoms with Crippen LogP contribution in [0.2, 0.25) is 0 Å². The first-order valence-corrected chi connectivity index (χ1v) is 6.02. The lowest BCUT2D eigenvalue weighted by atomic mass is 9.93. The van der Waals surface area contributed by atoms with Crippen molar-refractivity contribution in [3.05, 3.63) is 11.7 Å². The minimum absolute atomic E-state index is 0.274. The van der Waals surface area contributed by atoms with Crippen LogP contribution in [-0.4, -0.2) is 33.7 Å². The topological polar surface area (TPSA) is 42.2 Å². The molecule has 1 aliphatic heterocycles. The third-order valence-electron chi connectivity index (χ3n) is 3.34. The number of hydrogen-bond acceptors (Lipinski definition) is 4. The second kappa shape index (κ2) is 4.17. The maximum absolute atomic E-state index is 5.24. The Hall–Kier alpha value is -0.900. The van der Waals surface area contributed by atoms with Crippen LogP contribution in [0.3, 0.4) is 0 Å². The summed E-state index contributed by atoms with van der Waals surface area (Å²) in [4.78, 5) is 6.85. The number of likely N-dealkylation sites (tertiary alicyclic amines) is 1. The van der Waals surface area contributed by atoms with Gasteiger partial charge in [-0.05, 0) is 53.6 Å². The van der Waals surface area contributed by atoms with Gasteiger partial charge in [0.05, 0.1) is 0 Å². The van der Waals surface area contributed by atoms with Crippen LogP contribution in [-0.2, 0) is 0 Å². The van der Waals surface area contributed by atoms with Gasteiger partial charge in [0.2, 0.25) is 5.89 Å². The fourth-order valence-electron chi connectivity index (χ4n) is 2.28. The van der Waals surface area contributed by atoms with Crippen molar-refractivity contribution in [2.45, 2.75) is 52.0 Å². The van der Waals surface area contributed by atoms with Gasteiger partial charge in [0, 0.05) is 11.5 Å². The fraction of sp³-hybridized carbons (Fsp3) is 0.833. The molecule has 2 rings (SSSR count). The van der Waals surface area contributed by atoms with E-state index in [2.05, 4.69) is 35.8 Å². The van der Waals surface area contributed by atoms with E-state index < -0.39 is 0 Å². The molecule has 0 bridgehead atoms. The van der Waals surface area contributed by atoms with Gasteiger partial charge < -0.3 is 4.52 Å². The normalized spacial score (nSPS) is 20.2. The Kier molecular flexibility index (Phi) is 3.02. The zero-order chi connectivity index (χ0) is 11.8. The van der Waals surface area contributed by atoms with Crippen LogP contribution in [0.15, 0.2) is 4.52 Å². The number of rotatable bonds is 1. The molecule has 1 aliphatic rings. The van der Waals surface area contributed by atoms with Gasteiger partial charge in [-0.2, -0.15) is 4.98 Å². The second-order valence-corrected chi connectivity index (χ2v) is 5.61. The van der Waals surface area contributed by atoms with Crippen LogP contribution in [0.4, 0.5) is 0 Å². The van der Waals surface area contributed by atoms with Gasteiger partial charge in [-0.1, -0.05) is 5.16 Å².